The fourth-order valence-corrected chi connectivity index (χ4v) is 1.94. The summed E-state index contributed by atoms with van der Waals surface area (Å²) in [7, 11) is 1.63. The van der Waals surface area contributed by atoms with Crippen molar-refractivity contribution in [2.24, 2.45) is 0 Å². The topological polar surface area (TPSA) is 50.5 Å². The standard InChI is InChI=1S/C14H25N3O/c1-4-17(5-2)11-7-10-16-12-8-6-9-13(18-3)14(12)15/h6,8-9,16H,4-5,7,10-11,15H2,1-3H3. The quantitative estimate of drug-likeness (QED) is 0.550. The lowest BCUT2D eigenvalue weighted by atomic mass is 10.2. The van der Waals surface area contributed by atoms with Gasteiger partial charge in [-0.15, -0.1) is 0 Å². The Morgan fingerprint density at radius 2 is 2.00 bits per heavy atom. The van der Waals surface area contributed by atoms with Gasteiger partial charge in [0.05, 0.1) is 18.5 Å². The molecule has 0 bridgehead atoms. The second-order valence-electron chi connectivity index (χ2n) is 4.23. The van der Waals surface area contributed by atoms with E-state index in [2.05, 4.69) is 24.1 Å². The van der Waals surface area contributed by atoms with Gasteiger partial charge in [-0.3, -0.25) is 0 Å². The first-order valence-electron chi connectivity index (χ1n) is 6.61. The van der Waals surface area contributed by atoms with Crippen molar-refractivity contribution in [2.75, 3.05) is 44.3 Å². The molecule has 102 valence electrons. The number of anilines is 2. The number of nitrogens with one attached hydrogen (secondary N) is 1. The molecular formula is C14H25N3O. The molecule has 1 rings (SSSR count). The Labute approximate surface area is 110 Å². The van der Waals surface area contributed by atoms with Crippen LogP contribution in [0.25, 0.3) is 0 Å². The monoisotopic (exact) mass is 251 g/mol. The van der Waals surface area contributed by atoms with Gasteiger partial charge >= 0.3 is 0 Å². The van der Waals surface area contributed by atoms with Crippen molar-refractivity contribution in [3.8, 4) is 5.75 Å². The van der Waals surface area contributed by atoms with Crippen LogP contribution in [0.5, 0.6) is 5.75 Å². The third-order valence-corrected chi connectivity index (χ3v) is 3.15. The molecule has 1 aromatic rings. The Balaban J connectivity index is 2.40. The first-order chi connectivity index (χ1) is 8.72. The van der Waals surface area contributed by atoms with Crippen LogP contribution in [0.15, 0.2) is 18.2 Å². The van der Waals surface area contributed by atoms with Gasteiger partial charge in [0, 0.05) is 6.54 Å². The largest absolute Gasteiger partial charge is 0.495 e. The molecule has 0 aromatic heterocycles. The Morgan fingerprint density at radius 3 is 2.61 bits per heavy atom. The van der Waals surface area contributed by atoms with Gasteiger partial charge < -0.3 is 20.7 Å². The lowest BCUT2D eigenvalue weighted by Crippen LogP contribution is -2.25. The molecule has 0 saturated carbocycles. The zero-order chi connectivity index (χ0) is 13.4. The van der Waals surface area contributed by atoms with Crippen LogP contribution in [0.2, 0.25) is 0 Å². The lowest BCUT2D eigenvalue weighted by Gasteiger charge is -2.18. The smallest absolute Gasteiger partial charge is 0.143 e. The van der Waals surface area contributed by atoms with Gasteiger partial charge in [0.25, 0.3) is 0 Å². The van der Waals surface area contributed by atoms with Crippen molar-refractivity contribution in [1.29, 1.82) is 0 Å². The molecule has 3 N–H and O–H groups in total. The Bertz CT molecular complexity index is 351. The fourth-order valence-electron chi connectivity index (χ4n) is 1.94. The SMILES string of the molecule is CCN(CC)CCCNc1cccc(OC)c1N. The Kier molecular flexibility index (Phi) is 6.36. The summed E-state index contributed by atoms with van der Waals surface area (Å²) in [6.45, 7) is 8.64. The van der Waals surface area contributed by atoms with Gasteiger partial charge in [0.1, 0.15) is 5.75 Å². The van der Waals surface area contributed by atoms with E-state index in [-0.39, 0.29) is 0 Å². The summed E-state index contributed by atoms with van der Waals surface area (Å²) in [4.78, 5) is 2.41. The Hall–Kier alpha value is -1.42. The van der Waals surface area contributed by atoms with E-state index in [1.165, 1.54) is 0 Å². The second kappa shape index (κ2) is 7.82. The normalized spacial score (nSPS) is 10.7. The summed E-state index contributed by atoms with van der Waals surface area (Å²) in [5, 5.41) is 3.36. The number of hydrogen-bond donors (Lipinski definition) is 2. The average molecular weight is 251 g/mol. The van der Waals surface area contributed by atoms with Crippen LogP contribution in [0.3, 0.4) is 0 Å². The predicted octanol–water partition coefficient (Wildman–Crippen LogP) is 2.42. The van der Waals surface area contributed by atoms with Gasteiger partial charge in [-0.25, -0.2) is 0 Å². The average Bonchev–Trinajstić information content (AvgIpc) is 2.40. The zero-order valence-corrected chi connectivity index (χ0v) is 11.7. The van der Waals surface area contributed by atoms with Crippen LogP contribution in [0.4, 0.5) is 11.4 Å². The molecule has 0 radical (unpaired) electrons. The number of nitrogen functional groups attached to an aromatic ring is 1. The highest BCUT2D eigenvalue weighted by atomic mass is 16.5. The van der Waals surface area contributed by atoms with Crippen LogP contribution in [-0.2, 0) is 0 Å². The molecule has 0 fully saturated rings. The van der Waals surface area contributed by atoms with Crippen LogP contribution in [-0.4, -0.2) is 38.2 Å². The van der Waals surface area contributed by atoms with E-state index >= 15 is 0 Å². The van der Waals surface area contributed by atoms with Crippen molar-refractivity contribution in [2.45, 2.75) is 20.3 Å². The molecule has 4 heteroatoms. The molecule has 0 unspecified atom stereocenters. The van der Waals surface area contributed by atoms with E-state index in [4.69, 9.17) is 10.5 Å². The van der Waals surface area contributed by atoms with Gasteiger partial charge in [-0.2, -0.15) is 0 Å². The molecule has 0 aliphatic heterocycles. The Morgan fingerprint density at radius 1 is 1.28 bits per heavy atom. The van der Waals surface area contributed by atoms with Crippen molar-refractivity contribution in [3.63, 3.8) is 0 Å². The van der Waals surface area contributed by atoms with E-state index < -0.39 is 0 Å². The maximum Gasteiger partial charge on any atom is 0.143 e. The van der Waals surface area contributed by atoms with Gasteiger partial charge in [0.2, 0.25) is 0 Å². The summed E-state index contributed by atoms with van der Waals surface area (Å²) in [6, 6.07) is 5.80. The number of ether oxygens (including phenoxy) is 1. The number of hydrogen-bond acceptors (Lipinski definition) is 4. The second-order valence-corrected chi connectivity index (χ2v) is 4.23. The third kappa shape index (κ3) is 4.11. The van der Waals surface area contributed by atoms with E-state index in [1.54, 1.807) is 7.11 Å². The van der Waals surface area contributed by atoms with E-state index in [0.717, 1.165) is 44.0 Å². The third-order valence-electron chi connectivity index (χ3n) is 3.15. The molecule has 0 heterocycles. The molecule has 0 spiro atoms. The summed E-state index contributed by atoms with van der Waals surface area (Å²) in [5.41, 5.74) is 7.63. The number of para-hydroxylation sites is 1. The lowest BCUT2D eigenvalue weighted by molar-refractivity contribution is 0.303. The molecule has 0 aliphatic carbocycles. The van der Waals surface area contributed by atoms with E-state index in [0.29, 0.717) is 5.69 Å². The van der Waals surface area contributed by atoms with Gasteiger partial charge in [-0.1, -0.05) is 19.9 Å². The molecule has 18 heavy (non-hydrogen) atoms. The minimum atomic E-state index is 0.683. The summed E-state index contributed by atoms with van der Waals surface area (Å²) in [5.74, 6) is 0.726. The number of benzene rings is 1. The summed E-state index contributed by atoms with van der Waals surface area (Å²) < 4.78 is 5.19. The number of methoxy groups -OCH3 is 1. The highest BCUT2D eigenvalue weighted by Gasteiger charge is 2.04. The van der Waals surface area contributed by atoms with Crippen molar-refractivity contribution >= 4 is 11.4 Å². The molecule has 0 atom stereocenters. The highest BCUT2D eigenvalue weighted by Crippen LogP contribution is 2.28. The maximum atomic E-state index is 5.99. The van der Waals surface area contributed by atoms with Crippen LogP contribution >= 0.6 is 0 Å². The van der Waals surface area contributed by atoms with Crippen molar-refractivity contribution in [3.05, 3.63) is 18.2 Å². The minimum absolute atomic E-state index is 0.683. The molecule has 0 amide bonds. The minimum Gasteiger partial charge on any atom is -0.495 e. The van der Waals surface area contributed by atoms with Gasteiger partial charge in [0.15, 0.2) is 0 Å². The van der Waals surface area contributed by atoms with Crippen LogP contribution < -0.4 is 15.8 Å². The zero-order valence-electron chi connectivity index (χ0n) is 11.7. The molecular weight excluding hydrogens is 226 g/mol. The number of rotatable bonds is 8. The molecule has 0 aliphatic rings. The van der Waals surface area contributed by atoms with Crippen molar-refractivity contribution < 1.29 is 4.74 Å². The predicted molar refractivity (Wildman–Crippen MR) is 78.3 cm³/mol. The maximum absolute atomic E-state index is 5.99. The highest BCUT2D eigenvalue weighted by molar-refractivity contribution is 5.72. The molecule has 4 nitrogen and oxygen atoms in total. The fraction of sp³-hybridized carbons (Fsp3) is 0.571. The first kappa shape index (κ1) is 14.6. The summed E-state index contributed by atoms with van der Waals surface area (Å²) >= 11 is 0. The number of nitrogens with zero attached hydrogens (tertiary/aromatic N) is 1. The van der Waals surface area contributed by atoms with E-state index in [1.807, 2.05) is 18.2 Å². The van der Waals surface area contributed by atoms with Gasteiger partial charge in [-0.05, 0) is 38.2 Å². The summed E-state index contributed by atoms with van der Waals surface area (Å²) in [6.07, 6.45) is 1.11. The van der Waals surface area contributed by atoms with Crippen LogP contribution in [0.1, 0.15) is 20.3 Å². The molecule has 1 aromatic carbocycles. The first-order valence-corrected chi connectivity index (χ1v) is 6.61. The molecule has 0 saturated heterocycles. The number of nitrogens with two attached hydrogens (primary N) is 1. The van der Waals surface area contributed by atoms with E-state index in [9.17, 15) is 0 Å². The van der Waals surface area contributed by atoms with Crippen molar-refractivity contribution in [1.82, 2.24) is 4.90 Å². The van der Waals surface area contributed by atoms with Crippen LogP contribution in [0, 0.1) is 0 Å².